The standard InChI is InChI=1S/C14H28N2S2/c1-3-11-4-6-12(7-5-11)13(16-15)14-10(2)17-8-9-18-14/h10-14,16H,3-9,15H2,1-2H3. The summed E-state index contributed by atoms with van der Waals surface area (Å²) in [6, 6.07) is 0.524. The zero-order valence-corrected chi connectivity index (χ0v) is 13.4. The highest BCUT2D eigenvalue weighted by atomic mass is 32.2. The number of hydrogen-bond donors (Lipinski definition) is 2. The fraction of sp³-hybridized carbons (Fsp3) is 1.00. The molecule has 106 valence electrons. The van der Waals surface area contributed by atoms with E-state index in [1.165, 1.54) is 43.6 Å². The Kier molecular flexibility index (Phi) is 6.19. The Hall–Kier alpha value is 0.620. The summed E-state index contributed by atoms with van der Waals surface area (Å²) >= 11 is 4.26. The summed E-state index contributed by atoms with van der Waals surface area (Å²) in [6.45, 7) is 4.71. The van der Waals surface area contributed by atoms with Gasteiger partial charge in [0.15, 0.2) is 0 Å². The maximum atomic E-state index is 5.89. The summed E-state index contributed by atoms with van der Waals surface area (Å²) in [7, 11) is 0. The molecule has 1 aliphatic carbocycles. The molecule has 0 amide bonds. The molecule has 18 heavy (non-hydrogen) atoms. The van der Waals surface area contributed by atoms with Gasteiger partial charge in [-0.1, -0.05) is 33.1 Å². The topological polar surface area (TPSA) is 38.0 Å². The molecule has 0 bridgehead atoms. The Balaban J connectivity index is 1.91. The van der Waals surface area contributed by atoms with E-state index in [9.17, 15) is 0 Å². The second-order valence-corrected chi connectivity index (χ2v) is 8.56. The molecule has 1 saturated carbocycles. The number of hydrazine groups is 1. The highest BCUT2D eigenvalue weighted by molar-refractivity contribution is 8.07. The Labute approximate surface area is 121 Å². The Morgan fingerprint density at radius 2 is 1.83 bits per heavy atom. The zero-order valence-electron chi connectivity index (χ0n) is 11.7. The largest absolute Gasteiger partial charge is 0.271 e. The van der Waals surface area contributed by atoms with E-state index in [2.05, 4.69) is 42.8 Å². The summed E-state index contributed by atoms with van der Waals surface area (Å²) in [5.74, 6) is 10.3. The molecule has 3 N–H and O–H groups in total. The molecule has 2 rings (SSSR count). The van der Waals surface area contributed by atoms with Gasteiger partial charge < -0.3 is 0 Å². The van der Waals surface area contributed by atoms with Crippen LogP contribution in [0.1, 0.15) is 46.0 Å². The molecule has 1 heterocycles. The fourth-order valence-corrected chi connectivity index (χ4v) is 6.52. The minimum Gasteiger partial charge on any atom is -0.271 e. The fourth-order valence-electron chi connectivity index (χ4n) is 3.50. The molecule has 0 aromatic carbocycles. The summed E-state index contributed by atoms with van der Waals surface area (Å²) in [5.41, 5.74) is 3.17. The van der Waals surface area contributed by atoms with E-state index in [0.717, 1.165) is 17.1 Å². The van der Waals surface area contributed by atoms with Crippen LogP contribution < -0.4 is 11.3 Å². The highest BCUT2D eigenvalue weighted by Gasteiger charge is 2.36. The van der Waals surface area contributed by atoms with Crippen molar-refractivity contribution in [3.8, 4) is 0 Å². The van der Waals surface area contributed by atoms with E-state index < -0.39 is 0 Å². The van der Waals surface area contributed by atoms with Gasteiger partial charge in [-0.25, -0.2) is 0 Å². The van der Waals surface area contributed by atoms with E-state index in [4.69, 9.17) is 5.84 Å². The van der Waals surface area contributed by atoms with Crippen molar-refractivity contribution >= 4 is 23.5 Å². The molecule has 4 heteroatoms. The van der Waals surface area contributed by atoms with Crippen molar-refractivity contribution in [2.75, 3.05) is 11.5 Å². The van der Waals surface area contributed by atoms with E-state index in [-0.39, 0.29) is 0 Å². The predicted octanol–water partition coefficient (Wildman–Crippen LogP) is 3.27. The normalized spacial score (nSPS) is 39.5. The third kappa shape index (κ3) is 3.59. The van der Waals surface area contributed by atoms with Gasteiger partial charge in [0.2, 0.25) is 0 Å². The van der Waals surface area contributed by atoms with Gasteiger partial charge in [-0.2, -0.15) is 23.5 Å². The van der Waals surface area contributed by atoms with E-state index in [0.29, 0.717) is 11.3 Å². The van der Waals surface area contributed by atoms with E-state index in [1.807, 2.05) is 0 Å². The lowest BCUT2D eigenvalue weighted by Gasteiger charge is -2.41. The van der Waals surface area contributed by atoms with Crippen molar-refractivity contribution in [2.45, 2.75) is 62.5 Å². The Morgan fingerprint density at radius 1 is 1.17 bits per heavy atom. The van der Waals surface area contributed by atoms with Crippen LogP contribution >= 0.6 is 23.5 Å². The quantitative estimate of drug-likeness (QED) is 0.615. The van der Waals surface area contributed by atoms with E-state index >= 15 is 0 Å². The predicted molar refractivity (Wildman–Crippen MR) is 85.0 cm³/mol. The van der Waals surface area contributed by atoms with Gasteiger partial charge in [-0.05, 0) is 24.7 Å². The number of hydrogen-bond acceptors (Lipinski definition) is 4. The second kappa shape index (κ2) is 7.41. The third-order valence-electron chi connectivity index (χ3n) is 4.76. The molecule has 0 radical (unpaired) electrons. The van der Waals surface area contributed by atoms with Gasteiger partial charge in [0.1, 0.15) is 0 Å². The smallest absolute Gasteiger partial charge is 0.0368 e. The van der Waals surface area contributed by atoms with Crippen molar-refractivity contribution in [3.63, 3.8) is 0 Å². The molecular formula is C14H28N2S2. The Bertz CT molecular complexity index is 242. The van der Waals surface area contributed by atoms with Gasteiger partial charge in [0.05, 0.1) is 0 Å². The van der Waals surface area contributed by atoms with Crippen LogP contribution in [-0.2, 0) is 0 Å². The number of nitrogens with two attached hydrogens (primary N) is 1. The maximum absolute atomic E-state index is 5.89. The SMILES string of the molecule is CCC1CCC(C(NN)C2SCCSC2C)CC1. The molecule has 3 unspecified atom stereocenters. The summed E-state index contributed by atoms with van der Waals surface area (Å²) in [6.07, 6.45) is 6.94. The lowest BCUT2D eigenvalue weighted by molar-refractivity contribution is 0.215. The average molecular weight is 289 g/mol. The molecule has 0 spiro atoms. The van der Waals surface area contributed by atoms with Gasteiger partial charge in [0.25, 0.3) is 0 Å². The van der Waals surface area contributed by atoms with Crippen molar-refractivity contribution in [3.05, 3.63) is 0 Å². The van der Waals surface area contributed by atoms with Gasteiger partial charge >= 0.3 is 0 Å². The lowest BCUT2D eigenvalue weighted by Crippen LogP contribution is -2.52. The summed E-state index contributed by atoms with van der Waals surface area (Å²) < 4.78 is 0. The summed E-state index contributed by atoms with van der Waals surface area (Å²) in [4.78, 5) is 0. The first kappa shape index (κ1) is 15.0. The van der Waals surface area contributed by atoms with Crippen LogP contribution in [-0.4, -0.2) is 28.0 Å². The number of thioether (sulfide) groups is 2. The van der Waals surface area contributed by atoms with Crippen LogP contribution in [0, 0.1) is 11.8 Å². The molecule has 0 aromatic heterocycles. The van der Waals surface area contributed by atoms with Gasteiger partial charge in [0, 0.05) is 28.0 Å². The van der Waals surface area contributed by atoms with Gasteiger partial charge in [-0.15, -0.1) is 0 Å². The highest BCUT2D eigenvalue weighted by Crippen LogP contribution is 2.39. The number of nitrogens with one attached hydrogen (secondary N) is 1. The van der Waals surface area contributed by atoms with Crippen LogP contribution in [0.25, 0.3) is 0 Å². The zero-order chi connectivity index (χ0) is 13.0. The molecule has 1 saturated heterocycles. The van der Waals surface area contributed by atoms with Crippen molar-refractivity contribution in [2.24, 2.45) is 17.7 Å². The van der Waals surface area contributed by atoms with Crippen LogP contribution in [0.15, 0.2) is 0 Å². The van der Waals surface area contributed by atoms with E-state index in [1.54, 1.807) is 0 Å². The van der Waals surface area contributed by atoms with Crippen LogP contribution in [0.2, 0.25) is 0 Å². The molecule has 2 fully saturated rings. The summed E-state index contributed by atoms with van der Waals surface area (Å²) in [5, 5.41) is 1.45. The minimum atomic E-state index is 0.524. The second-order valence-electron chi connectivity index (χ2n) is 5.79. The molecule has 2 aliphatic rings. The van der Waals surface area contributed by atoms with Crippen molar-refractivity contribution < 1.29 is 0 Å². The lowest BCUT2D eigenvalue weighted by atomic mass is 9.76. The van der Waals surface area contributed by atoms with Gasteiger partial charge in [-0.3, -0.25) is 11.3 Å². The monoisotopic (exact) mass is 288 g/mol. The molecular weight excluding hydrogens is 260 g/mol. The molecule has 1 aliphatic heterocycles. The first-order valence-electron chi connectivity index (χ1n) is 7.45. The van der Waals surface area contributed by atoms with Crippen molar-refractivity contribution in [1.29, 1.82) is 0 Å². The van der Waals surface area contributed by atoms with Crippen LogP contribution in [0.3, 0.4) is 0 Å². The first-order chi connectivity index (χ1) is 8.76. The number of rotatable bonds is 4. The minimum absolute atomic E-state index is 0.524. The Morgan fingerprint density at radius 3 is 2.39 bits per heavy atom. The third-order valence-corrected chi connectivity index (χ3v) is 7.98. The average Bonchev–Trinajstić information content (AvgIpc) is 2.42. The molecule has 0 aromatic rings. The molecule has 2 nitrogen and oxygen atoms in total. The van der Waals surface area contributed by atoms with Crippen molar-refractivity contribution in [1.82, 2.24) is 5.43 Å². The van der Waals surface area contributed by atoms with Crippen LogP contribution in [0.4, 0.5) is 0 Å². The van der Waals surface area contributed by atoms with Crippen LogP contribution in [0.5, 0.6) is 0 Å². The maximum Gasteiger partial charge on any atom is 0.0368 e. The first-order valence-corrected chi connectivity index (χ1v) is 9.55. The molecule has 3 atom stereocenters.